The number of aromatic nitrogens is 3. The van der Waals surface area contributed by atoms with Crippen LogP contribution in [0.2, 0.25) is 0 Å². The van der Waals surface area contributed by atoms with Gasteiger partial charge in [-0.15, -0.1) is 0 Å². The number of hydrogen-bond donors (Lipinski definition) is 3. The van der Waals surface area contributed by atoms with Gasteiger partial charge in [-0.1, -0.05) is 6.58 Å². The average Bonchev–Trinajstić information content (AvgIpc) is 3.02. The van der Waals surface area contributed by atoms with Gasteiger partial charge in [0.2, 0.25) is 5.91 Å². The van der Waals surface area contributed by atoms with E-state index in [9.17, 15) is 9.59 Å². The minimum Gasteiger partial charge on any atom is -0.495 e. The number of methoxy groups -OCH3 is 1. The number of halogens is 1. The molecule has 3 N–H and O–H groups in total. The Hall–Kier alpha value is -5.26. The van der Waals surface area contributed by atoms with E-state index in [4.69, 9.17) is 9.47 Å². The Balaban J connectivity index is 1.35. The van der Waals surface area contributed by atoms with Crippen LogP contribution in [-0.4, -0.2) is 65.0 Å². The molecule has 11 nitrogen and oxygen atoms in total. The highest BCUT2D eigenvalue weighted by molar-refractivity contribution is 5.95. The van der Waals surface area contributed by atoms with Gasteiger partial charge in [0.25, 0.3) is 5.91 Å². The maximum absolute atomic E-state index is 15.2. The fourth-order valence-corrected chi connectivity index (χ4v) is 4.71. The van der Waals surface area contributed by atoms with Crippen molar-refractivity contribution in [1.82, 2.24) is 25.2 Å². The summed E-state index contributed by atoms with van der Waals surface area (Å²) in [6, 6.07) is 11.2. The van der Waals surface area contributed by atoms with Crippen LogP contribution in [0, 0.1) is 5.82 Å². The second-order valence-electron chi connectivity index (χ2n) is 9.56. The van der Waals surface area contributed by atoms with Gasteiger partial charge in [0.15, 0.2) is 0 Å². The van der Waals surface area contributed by atoms with Gasteiger partial charge in [0, 0.05) is 56.0 Å². The third kappa shape index (κ3) is 6.22. The SMILES string of the molecule is C=CC(=O)N1CCC(Nc2cc3c(Nc4ccc(Oc5ccnc(C(=O)NC)c5)cc4F)ncnc3cc2OC)CC1. The second kappa shape index (κ2) is 12.5. The normalized spacial score (nSPS) is 13.4. The van der Waals surface area contributed by atoms with E-state index >= 15 is 4.39 Å². The highest BCUT2D eigenvalue weighted by Gasteiger charge is 2.23. The van der Waals surface area contributed by atoms with Gasteiger partial charge in [0.05, 0.1) is 24.0 Å². The first-order valence-electron chi connectivity index (χ1n) is 13.3. The minimum atomic E-state index is -0.562. The van der Waals surface area contributed by atoms with Crippen LogP contribution in [0.25, 0.3) is 10.9 Å². The van der Waals surface area contributed by atoms with Crippen LogP contribution in [0.5, 0.6) is 17.2 Å². The molecule has 2 aromatic carbocycles. The van der Waals surface area contributed by atoms with Gasteiger partial charge in [-0.3, -0.25) is 14.6 Å². The van der Waals surface area contributed by atoms with Crippen molar-refractivity contribution in [2.45, 2.75) is 18.9 Å². The third-order valence-electron chi connectivity index (χ3n) is 6.92. The zero-order valence-corrected chi connectivity index (χ0v) is 23.2. The van der Waals surface area contributed by atoms with Gasteiger partial charge < -0.3 is 30.3 Å². The maximum atomic E-state index is 15.2. The molecule has 2 amide bonds. The van der Waals surface area contributed by atoms with Crippen molar-refractivity contribution >= 4 is 39.9 Å². The molecule has 1 saturated heterocycles. The number of fused-ring (bicyclic) bond motifs is 1. The first kappa shape index (κ1) is 28.3. The summed E-state index contributed by atoms with van der Waals surface area (Å²) in [5.74, 6) is 0.629. The molecule has 0 atom stereocenters. The predicted molar refractivity (Wildman–Crippen MR) is 157 cm³/mol. The Morgan fingerprint density at radius 3 is 2.55 bits per heavy atom. The van der Waals surface area contributed by atoms with E-state index < -0.39 is 5.82 Å². The van der Waals surface area contributed by atoms with E-state index in [-0.39, 0.29) is 35.0 Å². The molecule has 3 heterocycles. The summed E-state index contributed by atoms with van der Waals surface area (Å²) >= 11 is 0. The molecule has 0 unspecified atom stereocenters. The Morgan fingerprint density at radius 1 is 1.05 bits per heavy atom. The molecule has 0 radical (unpaired) electrons. The molecule has 2 aromatic heterocycles. The summed E-state index contributed by atoms with van der Waals surface area (Å²) in [6.45, 7) is 4.82. The van der Waals surface area contributed by atoms with Gasteiger partial charge in [-0.25, -0.2) is 14.4 Å². The zero-order valence-electron chi connectivity index (χ0n) is 23.2. The number of carbonyl (C=O) groups excluding carboxylic acids is 2. The molecule has 42 heavy (non-hydrogen) atoms. The van der Waals surface area contributed by atoms with Crippen molar-refractivity contribution in [2.24, 2.45) is 0 Å². The minimum absolute atomic E-state index is 0.0658. The summed E-state index contributed by atoms with van der Waals surface area (Å²) in [7, 11) is 3.09. The van der Waals surface area contributed by atoms with Gasteiger partial charge >= 0.3 is 0 Å². The zero-order chi connectivity index (χ0) is 29.6. The number of amides is 2. The number of carbonyl (C=O) groups is 2. The number of ether oxygens (including phenoxy) is 2. The van der Waals surface area contributed by atoms with Crippen LogP contribution in [0.1, 0.15) is 23.3 Å². The van der Waals surface area contributed by atoms with E-state index in [2.05, 4.69) is 37.5 Å². The second-order valence-corrected chi connectivity index (χ2v) is 9.56. The molecule has 1 aliphatic heterocycles. The highest BCUT2D eigenvalue weighted by Crippen LogP contribution is 2.35. The number of nitrogens with zero attached hydrogens (tertiary/aromatic N) is 4. The quantitative estimate of drug-likeness (QED) is 0.246. The van der Waals surface area contributed by atoms with Crippen LogP contribution in [0.4, 0.5) is 21.6 Å². The fraction of sp³-hybridized carbons (Fsp3) is 0.233. The van der Waals surface area contributed by atoms with E-state index in [0.29, 0.717) is 41.3 Å². The molecule has 0 aliphatic carbocycles. The molecular weight excluding hydrogens is 541 g/mol. The molecule has 0 saturated carbocycles. The number of piperidine rings is 1. The number of benzene rings is 2. The van der Waals surface area contributed by atoms with Crippen LogP contribution in [0.15, 0.2) is 67.6 Å². The number of pyridine rings is 1. The van der Waals surface area contributed by atoms with Crippen LogP contribution < -0.4 is 25.4 Å². The summed E-state index contributed by atoms with van der Waals surface area (Å²) in [4.78, 5) is 38.3. The molecular formula is C30H30FN7O4. The number of nitrogens with one attached hydrogen (secondary N) is 3. The number of rotatable bonds is 9. The van der Waals surface area contributed by atoms with Crippen LogP contribution in [0.3, 0.4) is 0 Å². The molecule has 1 aliphatic rings. The molecule has 0 spiro atoms. The lowest BCUT2D eigenvalue weighted by Crippen LogP contribution is -2.41. The van der Waals surface area contributed by atoms with Gasteiger partial charge in [-0.05, 0) is 43.2 Å². The monoisotopic (exact) mass is 571 g/mol. The largest absolute Gasteiger partial charge is 0.495 e. The fourth-order valence-electron chi connectivity index (χ4n) is 4.71. The molecule has 1 fully saturated rings. The van der Waals surface area contributed by atoms with Gasteiger partial charge in [-0.2, -0.15) is 0 Å². The summed E-state index contributed by atoms with van der Waals surface area (Å²) < 4.78 is 26.6. The van der Waals surface area contributed by atoms with E-state index in [1.807, 2.05) is 6.07 Å². The Morgan fingerprint density at radius 2 is 1.83 bits per heavy atom. The Labute approximate surface area is 241 Å². The maximum Gasteiger partial charge on any atom is 0.269 e. The van der Waals surface area contributed by atoms with Crippen molar-refractivity contribution < 1.29 is 23.5 Å². The molecule has 216 valence electrons. The predicted octanol–water partition coefficient (Wildman–Crippen LogP) is 4.66. The standard InChI is InChI=1S/C30H30FN7O4/c1-4-28(39)38-11-8-18(9-12-38)36-25-15-21-24(16-27(25)41-3)34-17-35-29(21)37-23-6-5-19(13-22(23)31)42-20-7-10-33-26(14-20)30(40)32-2/h4-7,10,13-18,36H,1,8-9,11-12H2,2-3H3,(H,32,40)(H,34,35,37). The van der Waals surface area contributed by atoms with Crippen LogP contribution in [-0.2, 0) is 4.79 Å². The molecule has 4 aromatic rings. The number of likely N-dealkylation sites (tertiary alicyclic amines) is 1. The van der Waals surface area contributed by atoms with Crippen molar-refractivity contribution in [3.63, 3.8) is 0 Å². The topological polar surface area (TPSA) is 131 Å². The third-order valence-corrected chi connectivity index (χ3v) is 6.92. The first-order chi connectivity index (χ1) is 20.4. The summed E-state index contributed by atoms with van der Waals surface area (Å²) in [5.41, 5.74) is 1.73. The lowest BCUT2D eigenvalue weighted by molar-refractivity contribution is -0.126. The summed E-state index contributed by atoms with van der Waals surface area (Å²) in [6.07, 6.45) is 5.71. The van der Waals surface area contributed by atoms with E-state index in [0.717, 1.165) is 18.5 Å². The van der Waals surface area contributed by atoms with Crippen molar-refractivity contribution in [2.75, 3.05) is 37.9 Å². The first-order valence-corrected chi connectivity index (χ1v) is 13.3. The van der Waals surface area contributed by atoms with E-state index in [1.165, 1.54) is 37.8 Å². The van der Waals surface area contributed by atoms with Crippen molar-refractivity contribution in [3.05, 3.63) is 79.2 Å². The van der Waals surface area contributed by atoms with E-state index in [1.54, 1.807) is 36.3 Å². The number of hydrogen-bond acceptors (Lipinski definition) is 9. The lowest BCUT2D eigenvalue weighted by atomic mass is 10.0. The number of anilines is 3. The van der Waals surface area contributed by atoms with Crippen LogP contribution >= 0.6 is 0 Å². The van der Waals surface area contributed by atoms with Crippen molar-refractivity contribution in [1.29, 1.82) is 0 Å². The van der Waals surface area contributed by atoms with Crippen molar-refractivity contribution in [3.8, 4) is 17.2 Å². The highest BCUT2D eigenvalue weighted by atomic mass is 19.1. The average molecular weight is 572 g/mol. The Bertz CT molecular complexity index is 1640. The lowest BCUT2D eigenvalue weighted by Gasteiger charge is -2.32. The van der Waals surface area contributed by atoms with Gasteiger partial charge in [0.1, 0.15) is 40.9 Å². The molecule has 0 bridgehead atoms. The summed E-state index contributed by atoms with van der Waals surface area (Å²) in [5, 5.41) is 9.75. The smallest absolute Gasteiger partial charge is 0.269 e. The molecule has 5 rings (SSSR count). The Kier molecular flexibility index (Phi) is 8.42. The molecule has 12 heteroatoms.